The monoisotopic (exact) mass is 336 g/mol. The standard InChI is InChI=1S/C16H17ClN2O2S/c17-14-4-2-1-3-12(14)9-13-10-18-16(22-13)19-15(20)11-5-7-21-8-6-11/h1-4,10-11H,5-9H2,(H,18,19,20). The number of nitrogens with zero attached hydrogens (tertiary/aromatic N) is 1. The van der Waals surface area contributed by atoms with Crippen molar-refractivity contribution >= 4 is 34.0 Å². The van der Waals surface area contributed by atoms with Gasteiger partial charge in [0.05, 0.1) is 0 Å². The molecule has 1 aromatic carbocycles. The molecule has 6 heteroatoms. The minimum atomic E-state index is 0.0321. The molecule has 22 heavy (non-hydrogen) atoms. The fraction of sp³-hybridized carbons (Fsp3) is 0.375. The lowest BCUT2D eigenvalue weighted by Gasteiger charge is -2.20. The number of nitrogens with one attached hydrogen (secondary N) is 1. The molecule has 1 saturated heterocycles. The summed E-state index contributed by atoms with van der Waals surface area (Å²) in [4.78, 5) is 17.5. The van der Waals surface area contributed by atoms with E-state index in [1.807, 2.05) is 24.3 Å². The van der Waals surface area contributed by atoms with Gasteiger partial charge in [-0.2, -0.15) is 0 Å². The lowest BCUT2D eigenvalue weighted by Crippen LogP contribution is -2.28. The number of aromatic nitrogens is 1. The Balaban J connectivity index is 1.61. The van der Waals surface area contributed by atoms with E-state index in [1.165, 1.54) is 11.3 Å². The number of hydrogen-bond donors (Lipinski definition) is 1. The van der Waals surface area contributed by atoms with E-state index in [0.29, 0.717) is 18.3 Å². The highest BCUT2D eigenvalue weighted by Gasteiger charge is 2.22. The maximum absolute atomic E-state index is 12.2. The number of benzene rings is 1. The molecule has 0 saturated carbocycles. The molecule has 0 unspecified atom stereocenters. The third kappa shape index (κ3) is 3.85. The van der Waals surface area contributed by atoms with Gasteiger partial charge >= 0.3 is 0 Å². The molecule has 0 radical (unpaired) electrons. The molecule has 3 rings (SSSR count). The summed E-state index contributed by atoms with van der Waals surface area (Å²) in [5, 5.41) is 4.32. The van der Waals surface area contributed by atoms with Crippen LogP contribution in [0.15, 0.2) is 30.5 Å². The predicted molar refractivity (Wildman–Crippen MR) is 88.5 cm³/mol. The van der Waals surface area contributed by atoms with Crippen molar-refractivity contribution < 1.29 is 9.53 Å². The highest BCUT2D eigenvalue weighted by Crippen LogP contribution is 2.25. The van der Waals surface area contributed by atoms with E-state index in [2.05, 4.69) is 10.3 Å². The Kier molecular flexibility index (Phi) is 5.08. The highest BCUT2D eigenvalue weighted by molar-refractivity contribution is 7.15. The third-order valence-electron chi connectivity index (χ3n) is 3.70. The van der Waals surface area contributed by atoms with Crippen LogP contribution in [-0.4, -0.2) is 24.1 Å². The van der Waals surface area contributed by atoms with Crippen molar-refractivity contribution in [2.45, 2.75) is 19.3 Å². The molecule has 0 bridgehead atoms. The number of hydrogen-bond acceptors (Lipinski definition) is 4. The number of ether oxygens (including phenoxy) is 1. The molecular weight excluding hydrogens is 320 g/mol. The zero-order valence-electron chi connectivity index (χ0n) is 12.0. The van der Waals surface area contributed by atoms with E-state index in [0.717, 1.165) is 34.7 Å². The zero-order chi connectivity index (χ0) is 15.4. The number of rotatable bonds is 4. The number of carbonyl (C=O) groups excluding carboxylic acids is 1. The van der Waals surface area contributed by atoms with E-state index in [-0.39, 0.29) is 11.8 Å². The van der Waals surface area contributed by atoms with Gasteiger partial charge in [0.25, 0.3) is 0 Å². The van der Waals surface area contributed by atoms with Crippen LogP contribution in [0.3, 0.4) is 0 Å². The minimum absolute atomic E-state index is 0.0321. The van der Waals surface area contributed by atoms with Gasteiger partial charge in [0.15, 0.2) is 5.13 Å². The van der Waals surface area contributed by atoms with Crippen LogP contribution >= 0.6 is 22.9 Å². The quantitative estimate of drug-likeness (QED) is 0.925. The average molecular weight is 337 g/mol. The summed E-state index contributed by atoms with van der Waals surface area (Å²) < 4.78 is 5.28. The van der Waals surface area contributed by atoms with Crippen molar-refractivity contribution in [2.24, 2.45) is 5.92 Å². The van der Waals surface area contributed by atoms with Crippen LogP contribution in [0, 0.1) is 5.92 Å². The summed E-state index contributed by atoms with van der Waals surface area (Å²) in [5.74, 6) is 0.0756. The Hall–Kier alpha value is -1.43. The number of thiazole rings is 1. The second kappa shape index (κ2) is 7.22. The number of anilines is 1. The van der Waals surface area contributed by atoms with Crippen LogP contribution in [0.5, 0.6) is 0 Å². The molecule has 0 atom stereocenters. The summed E-state index contributed by atoms with van der Waals surface area (Å²) in [6, 6.07) is 7.77. The maximum atomic E-state index is 12.2. The van der Waals surface area contributed by atoms with E-state index in [9.17, 15) is 4.79 Å². The van der Waals surface area contributed by atoms with Crippen molar-refractivity contribution in [1.82, 2.24) is 4.98 Å². The molecule has 0 aliphatic carbocycles. The second-order valence-corrected chi connectivity index (χ2v) is 6.80. The SMILES string of the molecule is O=C(Nc1ncc(Cc2ccccc2Cl)s1)C1CCOCC1. The van der Waals surface area contributed by atoms with E-state index in [4.69, 9.17) is 16.3 Å². The first-order valence-electron chi connectivity index (χ1n) is 7.29. The summed E-state index contributed by atoms with van der Waals surface area (Å²) >= 11 is 7.67. The average Bonchev–Trinajstić information content (AvgIpc) is 2.97. The Labute approximate surface area is 138 Å². The largest absolute Gasteiger partial charge is 0.381 e. The Morgan fingerprint density at radius 3 is 2.91 bits per heavy atom. The van der Waals surface area contributed by atoms with Crippen LogP contribution in [-0.2, 0) is 16.0 Å². The lowest BCUT2D eigenvalue weighted by atomic mass is 10.00. The van der Waals surface area contributed by atoms with E-state index >= 15 is 0 Å². The molecule has 116 valence electrons. The first-order valence-corrected chi connectivity index (χ1v) is 8.48. The van der Waals surface area contributed by atoms with Gasteiger partial charge in [0.1, 0.15) is 0 Å². The summed E-state index contributed by atoms with van der Waals surface area (Å²) in [5.41, 5.74) is 1.06. The van der Waals surface area contributed by atoms with Crippen LogP contribution in [0.2, 0.25) is 5.02 Å². The van der Waals surface area contributed by atoms with Gasteiger partial charge in [-0.15, -0.1) is 11.3 Å². The molecule has 2 heterocycles. The molecule has 2 aromatic rings. The maximum Gasteiger partial charge on any atom is 0.229 e. The van der Waals surface area contributed by atoms with Crippen LogP contribution in [0.4, 0.5) is 5.13 Å². The van der Waals surface area contributed by atoms with Gasteiger partial charge in [-0.1, -0.05) is 29.8 Å². The highest BCUT2D eigenvalue weighted by atomic mass is 35.5. The van der Waals surface area contributed by atoms with E-state index in [1.54, 1.807) is 6.20 Å². The third-order valence-corrected chi connectivity index (χ3v) is 4.98. The number of amides is 1. The normalized spacial score (nSPS) is 15.7. The predicted octanol–water partition coefficient (Wildman–Crippen LogP) is 3.75. The van der Waals surface area contributed by atoms with Gasteiger partial charge in [0, 0.05) is 41.6 Å². The number of halogens is 1. The molecular formula is C16H17ClN2O2S. The van der Waals surface area contributed by atoms with Crippen LogP contribution in [0.25, 0.3) is 0 Å². The molecule has 1 fully saturated rings. The summed E-state index contributed by atoms with van der Waals surface area (Å²) in [7, 11) is 0. The number of carbonyl (C=O) groups is 1. The minimum Gasteiger partial charge on any atom is -0.381 e. The van der Waals surface area contributed by atoms with Crippen molar-refractivity contribution in [1.29, 1.82) is 0 Å². The summed E-state index contributed by atoms with van der Waals surface area (Å²) in [6.07, 6.45) is 4.09. The van der Waals surface area contributed by atoms with Gasteiger partial charge in [-0.05, 0) is 24.5 Å². The van der Waals surface area contributed by atoms with Crippen molar-refractivity contribution in [3.8, 4) is 0 Å². The zero-order valence-corrected chi connectivity index (χ0v) is 13.6. The smallest absolute Gasteiger partial charge is 0.229 e. The van der Waals surface area contributed by atoms with Gasteiger partial charge in [0.2, 0.25) is 5.91 Å². The second-order valence-electron chi connectivity index (χ2n) is 5.28. The molecule has 4 nitrogen and oxygen atoms in total. The molecule has 1 aromatic heterocycles. The van der Waals surface area contributed by atoms with Crippen molar-refractivity contribution in [3.63, 3.8) is 0 Å². The molecule has 1 aliphatic heterocycles. The van der Waals surface area contributed by atoms with E-state index < -0.39 is 0 Å². The molecule has 0 spiro atoms. The van der Waals surface area contributed by atoms with Gasteiger partial charge in [-0.3, -0.25) is 4.79 Å². The fourth-order valence-corrected chi connectivity index (χ4v) is 3.48. The van der Waals surface area contributed by atoms with Crippen LogP contribution in [0.1, 0.15) is 23.3 Å². The first kappa shape index (κ1) is 15.5. The topological polar surface area (TPSA) is 51.2 Å². The molecule has 1 amide bonds. The molecule has 1 N–H and O–H groups in total. The van der Waals surface area contributed by atoms with Gasteiger partial charge in [-0.25, -0.2) is 4.98 Å². The van der Waals surface area contributed by atoms with Crippen molar-refractivity contribution in [3.05, 3.63) is 45.9 Å². The van der Waals surface area contributed by atoms with Crippen LogP contribution < -0.4 is 5.32 Å². The lowest BCUT2D eigenvalue weighted by molar-refractivity contribution is -0.122. The van der Waals surface area contributed by atoms with Gasteiger partial charge < -0.3 is 10.1 Å². The Morgan fingerprint density at radius 2 is 2.14 bits per heavy atom. The first-order chi connectivity index (χ1) is 10.7. The summed E-state index contributed by atoms with van der Waals surface area (Å²) in [6.45, 7) is 1.32. The Morgan fingerprint density at radius 1 is 1.36 bits per heavy atom. The Bertz CT molecular complexity index is 653. The molecule has 1 aliphatic rings. The van der Waals surface area contributed by atoms with Crippen molar-refractivity contribution in [2.75, 3.05) is 18.5 Å². The fourth-order valence-electron chi connectivity index (χ4n) is 2.44.